The van der Waals surface area contributed by atoms with E-state index in [2.05, 4.69) is 0 Å². The Kier molecular flexibility index (Phi) is 3.88. The van der Waals surface area contributed by atoms with Crippen molar-refractivity contribution >= 4 is 28.5 Å². The fourth-order valence-corrected chi connectivity index (χ4v) is 2.18. The maximum absolute atomic E-state index is 12.2. The van der Waals surface area contributed by atoms with E-state index >= 15 is 0 Å². The number of hydrogen-bond acceptors (Lipinski definition) is 3. The quantitative estimate of drug-likeness (QED) is 0.831. The molecule has 1 aromatic rings. The maximum atomic E-state index is 12.2. The Morgan fingerprint density at radius 3 is 2.94 bits per heavy atom. The van der Waals surface area contributed by atoms with E-state index in [4.69, 9.17) is 4.74 Å². The van der Waals surface area contributed by atoms with Crippen LogP contribution in [0, 0.1) is 3.57 Å². The molecule has 17 heavy (non-hydrogen) atoms. The fraction of sp³-hybridized carbons (Fsp3) is 0.417. The monoisotopic (exact) mass is 347 g/mol. The number of phenolic OH excluding ortho intramolecular Hbond substituents is 1. The summed E-state index contributed by atoms with van der Waals surface area (Å²) in [4.78, 5) is 13.8. The Morgan fingerprint density at radius 1 is 1.59 bits per heavy atom. The number of carbonyl (C=O) groups is 1. The lowest BCUT2D eigenvalue weighted by Gasteiger charge is -2.23. The van der Waals surface area contributed by atoms with Crippen LogP contribution in [0.1, 0.15) is 16.8 Å². The van der Waals surface area contributed by atoms with Gasteiger partial charge in [-0.15, -0.1) is 0 Å². The molecule has 1 fully saturated rings. The summed E-state index contributed by atoms with van der Waals surface area (Å²) in [6.45, 7) is 1.30. The van der Waals surface area contributed by atoms with E-state index in [0.717, 1.165) is 9.99 Å². The van der Waals surface area contributed by atoms with Crippen LogP contribution in [0.2, 0.25) is 0 Å². The lowest BCUT2D eigenvalue weighted by atomic mass is 10.1. The predicted octanol–water partition coefficient (Wildman–Crippen LogP) is 1.86. The van der Waals surface area contributed by atoms with Gasteiger partial charge in [0.05, 0.1) is 16.2 Å². The molecule has 1 N–H and O–H groups in total. The molecule has 2 rings (SSSR count). The van der Waals surface area contributed by atoms with Crippen LogP contribution in [-0.4, -0.2) is 42.2 Å². The number of benzene rings is 1. The SMILES string of the molecule is CN(C(=O)c1ccc(I)c(O)c1)C1CCOC1. The highest BCUT2D eigenvalue weighted by Crippen LogP contribution is 2.22. The zero-order valence-corrected chi connectivity index (χ0v) is 11.7. The van der Waals surface area contributed by atoms with Crippen molar-refractivity contribution in [3.8, 4) is 5.75 Å². The van der Waals surface area contributed by atoms with Crippen molar-refractivity contribution in [1.82, 2.24) is 4.90 Å². The van der Waals surface area contributed by atoms with Gasteiger partial charge in [0.25, 0.3) is 5.91 Å². The number of nitrogens with zero attached hydrogens (tertiary/aromatic N) is 1. The normalized spacial score (nSPS) is 19.3. The molecule has 1 saturated heterocycles. The van der Waals surface area contributed by atoms with Gasteiger partial charge in [-0.2, -0.15) is 0 Å². The van der Waals surface area contributed by atoms with E-state index in [1.54, 1.807) is 24.1 Å². The van der Waals surface area contributed by atoms with Gasteiger partial charge in [0.1, 0.15) is 5.75 Å². The summed E-state index contributed by atoms with van der Waals surface area (Å²) < 4.78 is 6.00. The van der Waals surface area contributed by atoms with Crippen LogP contribution in [0.3, 0.4) is 0 Å². The van der Waals surface area contributed by atoms with E-state index in [-0.39, 0.29) is 17.7 Å². The second-order valence-corrected chi connectivity index (χ2v) is 5.26. The topological polar surface area (TPSA) is 49.8 Å². The minimum absolute atomic E-state index is 0.0767. The van der Waals surface area contributed by atoms with Crippen LogP contribution in [0.4, 0.5) is 0 Å². The highest BCUT2D eigenvalue weighted by Gasteiger charge is 2.25. The zero-order chi connectivity index (χ0) is 12.4. The Labute approximate surface area is 114 Å². The number of likely N-dealkylation sites (N-methyl/N-ethyl adjacent to an activating group) is 1. The summed E-state index contributed by atoms with van der Waals surface area (Å²) in [5.41, 5.74) is 0.511. The molecule has 5 heteroatoms. The van der Waals surface area contributed by atoms with Gasteiger partial charge in [-0.3, -0.25) is 4.79 Å². The van der Waals surface area contributed by atoms with Crippen LogP contribution in [-0.2, 0) is 4.74 Å². The molecule has 1 amide bonds. The molecule has 1 aromatic carbocycles. The average molecular weight is 347 g/mol. The van der Waals surface area contributed by atoms with Gasteiger partial charge in [-0.1, -0.05) is 0 Å². The Bertz CT molecular complexity index is 430. The number of rotatable bonds is 2. The summed E-state index contributed by atoms with van der Waals surface area (Å²) in [5.74, 6) is 0.0692. The van der Waals surface area contributed by atoms with Crippen molar-refractivity contribution in [1.29, 1.82) is 0 Å². The third-order valence-corrected chi connectivity index (χ3v) is 3.88. The second-order valence-electron chi connectivity index (χ2n) is 4.10. The van der Waals surface area contributed by atoms with E-state index in [0.29, 0.717) is 18.8 Å². The lowest BCUT2D eigenvalue weighted by Crippen LogP contribution is -2.37. The summed E-state index contributed by atoms with van der Waals surface area (Å²) in [6.07, 6.45) is 0.874. The molecule has 1 unspecified atom stereocenters. The van der Waals surface area contributed by atoms with Gasteiger partial charge >= 0.3 is 0 Å². The van der Waals surface area contributed by atoms with Gasteiger partial charge in [0.15, 0.2) is 0 Å². The molecule has 0 bridgehead atoms. The molecule has 0 aromatic heterocycles. The van der Waals surface area contributed by atoms with Gasteiger partial charge in [0.2, 0.25) is 0 Å². The van der Waals surface area contributed by atoms with Gasteiger partial charge in [-0.25, -0.2) is 0 Å². The first kappa shape index (κ1) is 12.6. The highest BCUT2D eigenvalue weighted by molar-refractivity contribution is 14.1. The largest absolute Gasteiger partial charge is 0.507 e. The van der Waals surface area contributed by atoms with Crippen molar-refractivity contribution in [2.45, 2.75) is 12.5 Å². The Balaban J connectivity index is 2.15. The molecule has 0 spiro atoms. The first-order valence-electron chi connectivity index (χ1n) is 5.43. The molecular weight excluding hydrogens is 333 g/mol. The third kappa shape index (κ3) is 2.71. The van der Waals surface area contributed by atoms with Gasteiger partial charge < -0.3 is 14.7 Å². The van der Waals surface area contributed by atoms with Crippen molar-refractivity contribution < 1.29 is 14.6 Å². The smallest absolute Gasteiger partial charge is 0.254 e. The number of hydrogen-bond donors (Lipinski definition) is 1. The molecular formula is C12H14INO3. The average Bonchev–Trinajstić information content (AvgIpc) is 2.84. The van der Waals surface area contributed by atoms with E-state index in [9.17, 15) is 9.90 Å². The van der Waals surface area contributed by atoms with E-state index in [1.807, 2.05) is 22.6 Å². The lowest BCUT2D eigenvalue weighted by molar-refractivity contribution is 0.0711. The van der Waals surface area contributed by atoms with Crippen LogP contribution in [0.15, 0.2) is 18.2 Å². The number of amides is 1. The maximum Gasteiger partial charge on any atom is 0.254 e. The first-order valence-corrected chi connectivity index (χ1v) is 6.51. The summed E-state index contributed by atoms with van der Waals surface area (Å²) in [7, 11) is 1.77. The zero-order valence-electron chi connectivity index (χ0n) is 9.52. The molecule has 0 radical (unpaired) electrons. The van der Waals surface area contributed by atoms with Crippen LogP contribution in [0.5, 0.6) is 5.75 Å². The molecule has 0 aliphatic carbocycles. The van der Waals surface area contributed by atoms with Crippen molar-refractivity contribution in [2.75, 3.05) is 20.3 Å². The number of aromatic hydroxyl groups is 1. The molecule has 92 valence electrons. The van der Waals surface area contributed by atoms with Crippen LogP contribution in [0.25, 0.3) is 0 Å². The summed E-state index contributed by atoms with van der Waals surface area (Å²) in [5, 5.41) is 9.59. The number of phenols is 1. The van der Waals surface area contributed by atoms with Crippen molar-refractivity contribution in [2.24, 2.45) is 0 Å². The van der Waals surface area contributed by atoms with Crippen molar-refractivity contribution in [3.05, 3.63) is 27.3 Å². The second kappa shape index (κ2) is 5.22. The Morgan fingerprint density at radius 2 is 2.35 bits per heavy atom. The first-order chi connectivity index (χ1) is 8.09. The molecule has 1 atom stereocenters. The molecule has 1 aliphatic heterocycles. The Hall–Kier alpha value is -0.820. The third-order valence-electron chi connectivity index (χ3n) is 2.97. The standard InChI is InChI=1S/C12H14INO3/c1-14(9-4-5-17-7-9)12(16)8-2-3-10(13)11(15)6-8/h2-3,6,9,15H,4-5,7H2,1H3. The number of halogens is 1. The molecule has 1 heterocycles. The van der Waals surface area contributed by atoms with Crippen molar-refractivity contribution in [3.63, 3.8) is 0 Å². The number of ether oxygens (including phenoxy) is 1. The minimum atomic E-state index is -0.0767. The predicted molar refractivity (Wildman–Crippen MR) is 72.1 cm³/mol. The van der Waals surface area contributed by atoms with Gasteiger partial charge in [-0.05, 0) is 47.2 Å². The van der Waals surface area contributed by atoms with E-state index < -0.39 is 0 Å². The summed E-state index contributed by atoms with van der Waals surface area (Å²) >= 11 is 2.02. The van der Waals surface area contributed by atoms with Crippen LogP contribution >= 0.6 is 22.6 Å². The summed E-state index contributed by atoms with van der Waals surface area (Å²) in [6, 6.07) is 5.12. The number of carbonyl (C=O) groups excluding carboxylic acids is 1. The fourth-order valence-electron chi connectivity index (χ4n) is 1.84. The van der Waals surface area contributed by atoms with Crippen LogP contribution < -0.4 is 0 Å². The van der Waals surface area contributed by atoms with Gasteiger partial charge in [0, 0.05) is 19.2 Å². The van der Waals surface area contributed by atoms with E-state index in [1.165, 1.54) is 6.07 Å². The molecule has 0 saturated carbocycles. The molecule has 1 aliphatic rings. The highest BCUT2D eigenvalue weighted by atomic mass is 127. The molecule has 4 nitrogen and oxygen atoms in total. The minimum Gasteiger partial charge on any atom is -0.507 e.